The van der Waals surface area contributed by atoms with Gasteiger partial charge in [0.25, 0.3) is 5.91 Å². The number of carbonyl (C=O) groups is 2. The van der Waals surface area contributed by atoms with Gasteiger partial charge in [-0.25, -0.2) is 4.39 Å². The summed E-state index contributed by atoms with van der Waals surface area (Å²) in [6, 6.07) is 11.5. The summed E-state index contributed by atoms with van der Waals surface area (Å²) in [5, 5.41) is 0.531. The lowest BCUT2D eigenvalue weighted by molar-refractivity contribution is -0.140. The molecule has 0 radical (unpaired) electrons. The first-order valence-electron chi connectivity index (χ1n) is 9.64. The third-order valence-corrected chi connectivity index (χ3v) is 6.95. The molecule has 4 rings (SSSR count). The van der Waals surface area contributed by atoms with Crippen LogP contribution in [0.2, 0.25) is 5.02 Å². The molecule has 2 aromatic rings. The maximum absolute atomic E-state index is 13.8. The molecule has 1 fully saturated rings. The van der Waals surface area contributed by atoms with Crippen LogP contribution in [0.15, 0.2) is 42.5 Å². The van der Waals surface area contributed by atoms with Crippen molar-refractivity contribution in [2.75, 3.05) is 17.2 Å². The average molecular weight is 433 g/mol. The van der Waals surface area contributed by atoms with Crippen LogP contribution in [0.3, 0.4) is 0 Å². The van der Waals surface area contributed by atoms with Crippen molar-refractivity contribution in [2.24, 2.45) is 5.92 Å². The van der Waals surface area contributed by atoms with Crippen LogP contribution in [0.1, 0.15) is 31.4 Å². The maximum Gasteiger partial charge on any atom is 0.268 e. The summed E-state index contributed by atoms with van der Waals surface area (Å²) in [6.07, 6.45) is 0.392. The van der Waals surface area contributed by atoms with E-state index in [2.05, 4.69) is 0 Å². The van der Waals surface area contributed by atoms with Crippen LogP contribution in [0, 0.1) is 11.7 Å². The Balaban J connectivity index is 1.77. The smallest absolute Gasteiger partial charge is 0.268 e. The molecule has 7 heteroatoms. The molecule has 0 saturated carbocycles. The molecule has 2 heterocycles. The average Bonchev–Trinajstić information content (AvgIpc) is 3.20. The van der Waals surface area contributed by atoms with E-state index in [1.165, 1.54) is 23.9 Å². The van der Waals surface area contributed by atoms with E-state index in [1.54, 1.807) is 34.1 Å². The van der Waals surface area contributed by atoms with Gasteiger partial charge in [-0.2, -0.15) is 0 Å². The Morgan fingerprint density at radius 2 is 1.97 bits per heavy atom. The van der Waals surface area contributed by atoms with Gasteiger partial charge in [0.15, 0.2) is 4.87 Å². The molecule has 0 aromatic heterocycles. The Hall–Kier alpha value is -2.05. The number of fused-ring (bicyclic) bond motifs is 2. The van der Waals surface area contributed by atoms with Gasteiger partial charge in [-0.15, -0.1) is 11.8 Å². The highest BCUT2D eigenvalue weighted by molar-refractivity contribution is 8.01. The Morgan fingerprint density at radius 1 is 1.24 bits per heavy atom. The van der Waals surface area contributed by atoms with Gasteiger partial charge in [-0.1, -0.05) is 37.6 Å². The second-order valence-corrected chi connectivity index (χ2v) is 9.54. The predicted molar refractivity (Wildman–Crippen MR) is 114 cm³/mol. The second-order valence-electron chi connectivity index (χ2n) is 7.82. The van der Waals surface area contributed by atoms with E-state index in [0.29, 0.717) is 30.3 Å². The van der Waals surface area contributed by atoms with E-state index in [4.69, 9.17) is 11.6 Å². The Kier molecular flexibility index (Phi) is 5.34. The van der Waals surface area contributed by atoms with E-state index in [9.17, 15) is 14.0 Å². The highest BCUT2D eigenvalue weighted by Crippen LogP contribution is 2.55. The Bertz CT molecular complexity index is 966. The number of hydrogen-bond acceptors (Lipinski definition) is 3. The van der Waals surface area contributed by atoms with E-state index in [0.717, 1.165) is 16.8 Å². The molecule has 29 heavy (non-hydrogen) atoms. The first-order chi connectivity index (χ1) is 13.8. The molecular formula is C22H22ClFN2O2S. The number of nitrogens with zero attached hydrogens (tertiary/aromatic N) is 2. The first kappa shape index (κ1) is 20.2. The molecule has 2 amide bonds. The van der Waals surface area contributed by atoms with E-state index in [1.807, 2.05) is 19.9 Å². The first-order valence-corrected chi connectivity index (χ1v) is 11.0. The van der Waals surface area contributed by atoms with Crippen molar-refractivity contribution in [1.82, 2.24) is 4.90 Å². The second kappa shape index (κ2) is 7.65. The molecule has 1 spiro atoms. The summed E-state index contributed by atoms with van der Waals surface area (Å²) >= 11 is 7.77. The third kappa shape index (κ3) is 3.42. The number of hydrogen-bond donors (Lipinski definition) is 0. The van der Waals surface area contributed by atoms with Crippen LogP contribution in [0.25, 0.3) is 0 Å². The highest BCUT2D eigenvalue weighted by atomic mass is 35.5. The zero-order chi connectivity index (χ0) is 20.8. The molecule has 2 aromatic carbocycles. The Labute approximate surface area is 179 Å². The third-order valence-electron chi connectivity index (χ3n) is 5.29. The van der Waals surface area contributed by atoms with Gasteiger partial charge in [-0.05, 0) is 41.8 Å². The fourth-order valence-electron chi connectivity index (χ4n) is 4.03. The molecule has 2 aliphatic heterocycles. The van der Waals surface area contributed by atoms with Crippen molar-refractivity contribution < 1.29 is 14.0 Å². The van der Waals surface area contributed by atoms with Crippen molar-refractivity contribution >= 4 is 40.9 Å². The fourth-order valence-corrected chi connectivity index (χ4v) is 5.68. The van der Waals surface area contributed by atoms with Crippen LogP contribution in [-0.2, 0) is 21.0 Å². The number of carbonyl (C=O) groups excluding carboxylic acids is 2. The molecule has 0 aliphatic carbocycles. The normalized spacial score (nSPS) is 20.8. The number of amides is 2. The number of anilines is 1. The van der Waals surface area contributed by atoms with Gasteiger partial charge in [0.05, 0.1) is 12.2 Å². The fraction of sp³-hybridized carbons (Fsp3) is 0.364. The lowest BCUT2D eigenvalue weighted by Crippen LogP contribution is -2.50. The quantitative estimate of drug-likeness (QED) is 0.696. The molecule has 0 bridgehead atoms. The van der Waals surface area contributed by atoms with Crippen LogP contribution < -0.4 is 4.90 Å². The van der Waals surface area contributed by atoms with E-state index in [-0.39, 0.29) is 23.5 Å². The summed E-state index contributed by atoms with van der Waals surface area (Å²) in [5.74, 6) is 0.413. The number of rotatable bonds is 4. The molecule has 4 nitrogen and oxygen atoms in total. The Morgan fingerprint density at radius 3 is 2.66 bits per heavy atom. The van der Waals surface area contributed by atoms with Gasteiger partial charge in [0, 0.05) is 29.3 Å². The number of halogens is 2. The minimum Gasteiger partial charge on any atom is -0.315 e. The van der Waals surface area contributed by atoms with Crippen molar-refractivity contribution in [1.29, 1.82) is 0 Å². The summed E-state index contributed by atoms with van der Waals surface area (Å²) in [5.41, 5.74) is 2.33. The zero-order valence-corrected chi connectivity index (χ0v) is 17.9. The van der Waals surface area contributed by atoms with Gasteiger partial charge in [0.2, 0.25) is 5.91 Å². The zero-order valence-electron chi connectivity index (χ0n) is 16.3. The SMILES string of the molecule is CC(C)CC(=O)N1CCSC12C(=O)N(Cc1ccc(F)cc1)c1ccc(Cl)cc12. The van der Waals surface area contributed by atoms with Gasteiger partial charge < -0.3 is 9.80 Å². The van der Waals surface area contributed by atoms with Crippen LogP contribution in [0.5, 0.6) is 0 Å². The van der Waals surface area contributed by atoms with Crippen molar-refractivity contribution in [2.45, 2.75) is 31.7 Å². The van der Waals surface area contributed by atoms with Crippen molar-refractivity contribution in [3.8, 4) is 0 Å². The molecule has 0 N–H and O–H groups in total. The van der Waals surface area contributed by atoms with E-state index < -0.39 is 4.87 Å². The summed E-state index contributed by atoms with van der Waals surface area (Å²) in [4.78, 5) is 29.1. The predicted octanol–water partition coefficient (Wildman–Crippen LogP) is 4.80. The summed E-state index contributed by atoms with van der Waals surface area (Å²) < 4.78 is 13.3. The lowest BCUT2D eigenvalue weighted by Gasteiger charge is -2.33. The van der Waals surface area contributed by atoms with Gasteiger partial charge in [-0.3, -0.25) is 9.59 Å². The minimum absolute atomic E-state index is 0.0205. The molecular weight excluding hydrogens is 411 g/mol. The van der Waals surface area contributed by atoms with Crippen LogP contribution >= 0.6 is 23.4 Å². The number of thioether (sulfide) groups is 1. The molecule has 1 atom stereocenters. The van der Waals surface area contributed by atoms with Gasteiger partial charge >= 0.3 is 0 Å². The van der Waals surface area contributed by atoms with Crippen molar-refractivity contribution in [3.63, 3.8) is 0 Å². The topological polar surface area (TPSA) is 40.6 Å². The summed E-state index contributed by atoms with van der Waals surface area (Å²) in [6.45, 7) is 4.83. The van der Waals surface area contributed by atoms with Crippen LogP contribution in [-0.4, -0.2) is 29.0 Å². The van der Waals surface area contributed by atoms with E-state index >= 15 is 0 Å². The molecule has 1 unspecified atom stereocenters. The maximum atomic E-state index is 13.8. The number of benzene rings is 2. The molecule has 1 saturated heterocycles. The highest BCUT2D eigenvalue weighted by Gasteiger charge is 2.59. The summed E-state index contributed by atoms with van der Waals surface area (Å²) in [7, 11) is 0. The van der Waals surface area contributed by atoms with Crippen LogP contribution in [0.4, 0.5) is 10.1 Å². The monoisotopic (exact) mass is 432 g/mol. The minimum atomic E-state index is -1.08. The van der Waals surface area contributed by atoms with Crippen molar-refractivity contribution in [3.05, 3.63) is 64.4 Å². The standard InChI is InChI=1S/C22H22ClFN2O2S/c1-14(2)11-20(27)26-9-10-29-22(26)18-12-16(23)5-8-19(18)25(21(22)28)13-15-3-6-17(24)7-4-15/h3-8,12,14H,9-11,13H2,1-2H3. The van der Waals surface area contributed by atoms with Gasteiger partial charge in [0.1, 0.15) is 5.82 Å². The molecule has 152 valence electrons. The largest absolute Gasteiger partial charge is 0.315 e. The molecule has 2 aliphatic rings. The lowest BCUT2D eigenvalue weighted by atomic mass is 10.0.